The predicted octanol–water partition coefficient (Wildman–Crippen LogP) is 4.56. The summed E-state index contributed by atoms with van der Waals surface area (Å²) < 4.78 is 2.06. The third-order valence-electron chi connectivity index (χ3n) is 8.54. The van der Waals surface area contributed by atoms with E-state index in [-0.39, 0.29) is 0 Å². The van der Waals surface area contributed by atoms with E-state index in [2.05, 4.69) is 49.0 Å². The highest BCUT2D eigenvalue weighted by molar-refractivity contribution is 5.56. The minimum Gasteiger partial charge on any atom is -0.362 e. The Morgan fingerprint density at radius 3 is 2.68 bits per heavy atom. The molecule has 9 nitrogen and oxygen atoms in total. The minimum absolute atomic E-state index is 0.559. The Morgan fingerprint density at radius 2 is 1.87 bits per heavy atom. The van der Waals surface area contributed by atoms with E-state index in [0.717, 1.165) is 61.3 Å². The van der Waals surface area contributed by atoms with Crippen LogP contribution < -0.4 is 10.2 Å². The van der Waals surface area contributed by atoms with Crippen LogP contribution in [-0.4, -0.2) is 41.2 Å². The lowest BCUT2D eigenvalue weighted by atomic mass is 9.85. The molecule has 1 aromatic carbocycles. The van der Waals surface area contributed by atoms with Gasteiger partial charge in [-0.2, -0.15) is 4.98 Å². The van der Waals surface area contributed by atoms with Gasteiger partial charge in [-0.15, -0.1) is 10.2 Å². The number of nitrogens with one attached hydrogen (secondary N) is 2. The molecule has 0 amide bonds. The van der Waals surface area contributed by atoms with Crippen LogP contribution in [0.5, 0.6) is 0 Å². The van der Waals surface area contributed by atoms with Crippen molar-refractivity contribution in [3.63, 3.8) is 0 Å². The summed E-state index contributed by atoms with van der Waals surface area (Å²) in [6.07, 6.45) is 7.94. The van der Waals surface area contributed by atoms with Crippen molar-refractivity contribution in [1.29, 1.82) is 0 Å². The minimum atomic E-state index is 0.559. The van der Waals surface area contributed by atoms with E-state index in [1.54, 1.807) is 0 Å². The lowest BCUT2D eigenvalue weighted by Gasteiger charge is -2.29. The van der Waals surface area contributed by atoms with Crippen molar-refractivity contribution in [2.45, 2.75) is 70.9 Å². The standard InChI is InChI=1S/C29H35N9/c1-18-11-12-22-21(15-18)27(30-16-25-35-36-28(37(25)2)20-7-4-3-5-8-20)34-29(33-22)38-14-13-23-24(17-38)32-26(31-23)19-9-6-10-19/h3-5,7-8,18-19H,6,9-17H2,1-2H3,(H,31,32)(H,30,33,34). The van der Waals surface area contributed by atoms with E-state index in [4.69, 9.17) is 15.0 Å². The first-order valence-electron chi connectivity index (χ1n) is 14.0. The second kappa shape index (κ2) is 9.53. The summed E-state index contributed by atoms with van der Waals surface area (Å²) in [6.45, 7) is 4.55. The molecule has 1 unspecified atom stereocenters. The van der Waals surface area contributed by atoms with Crippen LogP contribution in [0.3, 0.4) is 0 Å². The fraction of sp³-hybridized carbons (Fsp3) is 0.483. The Bertz CT molecular complexity index is 1450. The van der Waals surface area contributed by atoms with Gasteiger partial charge in [-0.3, -0.25) is 0 Å². The average molecular weight is 510 g/mol. The smallest absolute Gasteiger partial charge is 0.227 e. The molecule has 9 heteroatoms. The van der Waals surface area contributed by atoms with Gasteiger partial charge in [0.15, 0.2) is 11.6 Å². The van der Waals surface area contributed by atoms with E-state index < -0.39 is 0 Å². The number of hydrogen-bond donors (Lipinski definition) is 2. The lowest BCUT2D eigenvalue weighted by molar-refractivity contribution is 0.403. The highest BCUT2D eigenvalue weighted by atomic mass is 15.3. The zero-order valence-electron chi connectivity index (χ0n) is 22.2. The molecule has 1 saturated carbocycles. The van der Waals surface area contributed by atoms with Crippen molar-refractivity contribution in [3.8, 4) is 11.4 Å². The van der Waals surface area contributed by atoms with E-state index >= 15 is 0 Å². The summed E-state index contributed by atoms with van der Waals surface area (Å²) >= 11 is 0. The van der Waals surface area contributed by atoms with Gasteiger partial charge in [0.2, 0.25) is 5.95 Å². The fourth-order valence-corrected chi connectivity index (χ4v) is 5.94. The molecular formula is C29H35N9. The summed E-state index contributed by atoms with van der Waals surface area (Å²) in [6, 6.07) is 10.2. The zero-order chi connectivity index (χ0) is 25.6. The van der Waals surface area contributed by atoms with Crippen LogP contribution >= 0.6 is 0 Å². The molecule has 0 radical (unpaired) electrons. The van der Waals surface area contributed by atoms with E-state index in [0.29, 0.717) is 18.4 Å². The quantitative estimate of drug-likeness (QED) is 0.393. The van der Waals surface area contributed by atoms with Gasteiger partial charge < -0.3 is 19.8 Å². The molecule has 1 fully saturated rings. The topological polar surface area (TPSA) is 100 Å². The molecule has 0 spiro atoms. The number of H-pyrrole nitrogens is 1. The van der Waals surface area contributed by atoms with Crippen LogP contribution in [0, 0.1) is 5.92 Å². The molecule has 3 aliphatic rings. The Hall–Kier alpha value is -3.75. The summed E-state index contributed by atoms with van der Waals surface area (Å²) in [4.78, 5) is 21.1. The highest BCUT2D eigenvalue weighted by Gasteiger charge is 2.29. The number of anilines is 2. The van der Waals surface area contributed by atoms with Gasteiger partial charge in [0.25, 0.3) is 0 Å². The van der Waals surface area contributed by atoms with Crippen molar-refractivity contribution >= 4 is 11.8 Å². The SMILES string of the molecule is CC1CCc2nc(N3CCc4nc(C5CCC5)[nH]c4C3)nc(NCc3nnc(-c4ccccc4)n3C)c2C1. The Labute approximate surface area is 223 Å². The molecule has 0 saturated heterocycles. The number of benzene rings is 1. The zero-order valence-corrected chi connectivity index (χ0v) is 22.2. The highest BCUT2D eigenvalue weighted by Crippen LogP contribution is 2.36. The molecule has 1 aliphatic heterocycles. The van der Waals surface area contributed by atoms with Crippen molar-refractivity contribution in [1.82, 2.24) is 34.7 Å². The summed E-state index contributed by atoms with van der Waals surface area (Å²) in [5.41, 5.74) is 5.96. The van der Waals surface area contributed by atoms with Crippen molar-refractivity contribution in [2.75, 3.05) is 16.8 Å². The molecular weight excluding hydrogens is 474 g/mol. The van der Waals surface area contributed by atoms with Gasteiger partial charge in [-0.1, -0.05) is 43.7 Å². The van der Waals surface area contributed by atoms with Crippen LogP contribution in [0.15, 0.2) is 30.3 Å². The predicted molar refractivity (Wildman–Crippen MR) is 147 cm³/mol. The van der Waals surface area contributed by atoms with E-state index in [9.17, 15) is 0 Å². The molecule has 196 valence electrons. The first-order chi connectivity index (χ1) is 18.6. The molecule has 3 aromatic heterocycles. The Morgan fingerprint density at radius 1 is 1.00 bits per heavy atom. The monoisotopic (exact) mass is 509 g/mol. The number of imidazole rings is 1. The van der Waals surface area contributed by atoms with Crippen LogP contribution in [0.4, 0.5) is 11.8 Å². The summed E-state index contributed by atoms with van der Waals surface area (Å²) in [5, 5.41) is 12.6. The van der Waals surface area contributed by atoms with Gasteiger partial charge in [0.05, 0.1) is 30.2 Å². The second-order valence-electron chi connectivity index (χ2n) is 11.2. The van der Waals surface area contributed by atoms with Gasteiger partial charge in [0.1, 0.15) is 11.6 Å². The molecule has 4 aromatic rings. The maximum Gasteiger partial charge on any atom is 0.227 e. The molecule has 2 aliphatic carbocycles. The van der Waals surface area contributed by atoms with Crippen molar-refractivity contribution in [3.05, 3.63) is 64.6 Å². The van der Waals surface area contributed by atoms with Crippen LogP contribution in [-0.2, 0) is 39.4 Å². The van der Waals surface area contributed by atoms with Gasteiger partial charge >= 0.3 is 0 Å². The molecule has 2 N–H and O–H groups in total. The molecule has 7 rings (SSSR count). The summed E-state index contributed by atoms with van der Waals surface area (Å²) in [7, 11) is 2.02. The molecule has 4 heterocycles. The van der Waals surface area contributed by atoms with E-state index in [1.807, 2.05) is 25.2 Å². The molecule has 38 heavy (non-hydrogen) atoms. The third-order valence-corrected chi connectivity index (χ3v) is 8.54. The average Bonchev–Trinajstić information content (AvgIpc) is 3.49. The van der Waals surface area contributed by atoms with Crippen LogP contribution in [0.1, 0.15) is 72.8 Å². The number of fused-ring (bicyclic) bond motifs is 2. The first kappa shape index (κ1) is 23.4. The number of aromatic nitrogens is 7. The third kappa shape index (κ3) is 4.23. The normalized spacial score (nSPS) is 19.1. The Kier molecular flexibility index (Phi) is 5.86. The van der Waals surface area contributed by atoms with Crippen molar-refractivity contribution < 1.29 is 0 Å². The number of aromatic amines is 1. The number of nitrogens with zero attached hydrogens (tertiary/aromatic N) is 7. The number of aryl methyl sites for hydroxylation is 1. The van der Waals surface area contributed by atoms with Crippen LogP contribution in [0.2, 0.25) is 0 Å². The van der Waals surface area contributed by atoms with Gasteiger partial charge in [0, 0.05) is 37.1 Å². The number of rotatable bonds is 6. The second-order valence-corrected chi connectivity index (χ2v) is 11.2. The van der Waals surface area contributed by atoms with Crippen molar-refractivity contribution in [2.24, 2.45) is 13.0 Å². The number of hydrogen-bond acceptors (Lipinski definition) is 7. The Balaban J connectivity index is 1.15. The van der Waals surface area contributed by atoms with Gasteiger partial charge in [-0.05, 0) is 38.0 Å². The maximum absolute atomic E-state index is 5.11. The fourth-order valence-electron chi connectivity index (χ4n) is 5.94. The summed E-state index contributed by atoms with van der Waals surface area (Å²) in [5.74, 6) is 5.93. The van der Waals surface area contributed by atoms with E-state index in [1.165, 1.54) is 54.2 Å². The maximum atomic E-state index is 5.11. The van der Waals surface area contributed by atoms with Gasteiger partial charge in [-0.25, -0.2) is 9.97 Å². The lowest BCUT2D eigenvalue weighted by Crippen LogP contribution is -2.33. The molecule has 1 atom stereocenters. The van der Waals surface area contributed by atoms with Crippen LogP contribution in [0.25, 0.3) is 11.4 Å². The molecule has 0 bridgehead atoms. The largest absolute Gasteiger partial charge is 0.362 e. The first-order valence-corrected chi connectivity index (χ1v) is 14.0.